The van der Waals surface area contributed by atoms with Crippen molar-refractivity contribution < 1.29 is 14.6 Å². The van der Waals surface area contributed by atoms with Crippen LogP contribution in [0.4, 0.5) is 0 Å². The Labute approximate surface area is 127 Å². The highest BCUT2D eigenvalue weighted by Gasteiger charge is 2.38. The van der Waals surface area contributed by atoms with Crippen molar-refractivity contribution in [3.05, 3.63) is 28.7 Å². The van der Waals surface area contributed by atoms with Crippen molar-refractivity contribution in [2.24, 2.45) is 0 Å². The fourth-order valence-corrected chi connectivity index (χ4v) is 2.76. The first-order chi connectivity index (χ1) is 9.51. The molecule has 1 unspecified atom stereocenters. The van der Waals surface area contributed by atoms with Crippen LogP contribution in [0.2, 0.25) is 0 Å². The molecule has 1 amide bonds. The van der Waals surface area contributed by atoms with Gasteiger partial charge < -0.3 is 15.2 Å². The first kappa shape index (κ1) is 15.3. The highest BCUT2D eigenvalue weighted by Crippen LogP contribution is 2.29. The van der Waals surface area contributed by atoms with Crippen LogP contribution in [0.3, 0.4) is 0 Å². The molecule has 0 radical (unpaired) electrons. The first-order valence-electron chi connectivity index (χ1n) is 6.93. The summed E-state index contributed by atoms with van der Waals surface area (Å²) in [5.41, 5.74) is -1.17. The monoisotopic (exact) mass is 341 g/mol. The molecule has 1 aliphatic carbocycles. The lowest BCUT2D eigenvalue weighted by Gasteiger charge is -2.23. The molecule has 110 valence electrons. The molecule has 1 saturated carbocycles. The van der Waals surface area contributed by atoms with Crippen LogP contribution in [0.25, 0.3) is 0 Å². The van der Waals surface area contributed by atoms with Crippen molar-refractivity contribution >= 4 is 21.8 Å². The van der Waals surface area contributed by atoms with Crippen LogP contribution in [0.1, 0.15) is 32.6 Å². The Morgan fingerprint density at radius 2 is 2.10 bits per heavy atom. The normalized spacial score (nSPS) is 18.6. The van der Waals surface area contributed by atoms with Crippen molar-refractivity contribution in [3.8, 4) is 5.75 Å². The average Bonchev–Trinajstić information content (AvgIpc) is 2.87. The molecular formula is C15H20BrNO3. The summed E-state index contributed by atoms with van der Waals surface area (Å²) in [5, 5.41) is 12.9. The smallest absolute Gasteiger partial charge is 0.252 e. The molecule has 1 atom stereocenters. The first-order valence-corrected chi connectivity index (χ1v) is 7.72. The molecular weight excluding hydrogens is 322 g/mol. The zero-order valence-corrected chi connectivity index (χ0v) is 13.1. The highest BCUT2D eigenvalue weighted by atomic mass is 79.9. The topological polar surface area (TPSA) is 58.6 Å². The SMILES string of the molecule is CC(CNC(=O)C1(O)CCCC1)Oc1ccccc1Br. The minimum absolute atomic E-state index is 0.164. The van der Waals surface area contributed by atoms with E-state index >= 15 is 0 Å². The molecule has 4 nitrogen and oxygen atoms in total. The van der Waals surface area contributed by atoms with Crippen molar-refractivity contribution in [3.63, 3.8) is 0 Å². The van der Waals surface area contributed by atoms with Crippen molar-refractivity contribution in [1.82, 2.24) is 5.32 Å². The van der Waals surface area contributed by atoms with Crippen LogP contribution in [0.15, 0.2) is 28.7 Å². The average molecular weight is 342 g/mol. The van der Waals surface area contributed by atoms with Gasteiger partial charge in [0.15, 0.2) is 0 Å². The number of rotatable bonds is 5. The van der Waals surface area contributed by atoms with Gasteiger partial charge in [-0.3, -0.25) is 4.79 Å². The van der Waals surface area contributed by atoms with Gasteiger partial charge in [-0.05, 0) is 60.7 Å². The number of carbonyl (C=O) groups is 1. The molecule has 0 bridgehead atoms. The number of ether oxygens (including phenoxy) is 1. The lowest BCUT2D eigenvalue weighted by molar-refractivity contribution is -0.139. The summed E-state index contributed by atoms with van der Waals surface area (Å²) in [6.07, 6.45) is 2.76. The predicted molar refractivity (Wildman–Crippen MR) is 80.7 cm³/mol. The van der Waals surface area contributed by atoms with Crippen LogP contribution in [0, 0.1) is 0 Å². The van der Waals surface area contributed by atoms with Gasteiger partial charge in [-0.25, -0.2) is 0 Å². The van der Waals surface area contributed by atoms with E-state index in [2.05, 4.69) is 21.2 Å². The third kappa shape index (κ3) is 3.73. The molecule has 1 aromatic rings. The lowest BCUT2D eigenvalue weighted by atomic mass is 10.0. The second-order valence-electron chi connectivity index (χ2n) is 5.31. The summed E-state index contributed by atoms with van der Waals surface area (Å²) in [4.78, 5) is 12.0. The Bertz CT molecular complexity index is 472. The number of benzene rings is 1. The molecule has 0 heterocycles. The molecule has 1 fully saturated rings. The minimum atomic E-state index is -1.17. The third-order valence-corrected chi connectivity index (χ3v) is 4.22. The van der Waals surface area contributed by atoms with E-state index < -0.39 is 5.60 Å². The molecule has 0 aromatic heterocycles. The van der Waals surface area contributed by atoms with Crippen molar-refractivity contribution in [2.75, 3.05) is 6.54 Å². The third-order valence-electron chi connectivity index (χ3n) is 3.57. The number of carbonyl (C=O) groups excluding carboxylic acids is 1. The van der Waals surface area contributed by atoms with E-state index in [0.717, 1.165) is 23.1 Å². The van der Waals surface area contributed by atoms with E-state index in [1.165, 1.54) is 0 Å². The maximum atomic E-state index is 12.0. The Morgan fingerprint density at radius 1 is 1.45 bits per heavy atom. The number of para-hydroxylation sites is 1. The zero-order chi connectivity index (χ0) is 14.6. The molecule has 2 rings (SSSR count). The molecule has 1 aliphatic rings. The van der Waals surface area contributed by atoms with E-state index in [0.29, 0.717) is 19.4 Å². The van der Waals surface area contributed by atoms with Gasteiger partial charge in [-0.1, -0.05) is 12.1 Å². The number of aliphatic hydroxyl groups is 1. The zero-order valence-electron chi connectivity index (χ0n) is 11.6. The largest absolute Gasteiger partial charge is 0.488 e. The van der Waals surface area contributed by atoms with Gasteiger partial charge in [0.2, 0.25) is 0 Å². The van der Waals surface area contributed by atoms with Gasteiger partial charge in [0.1, 0.15) is 17.5 Å². The maximum Gasteiger partial charge on any atom is 0.252 e. The maximum absolute atomic E-state index is 12.0. The van der Waals surface area contributed by atoms with Gasteiger partial charge in [-0.2, -0.15) is 0 Å². The second-order valence-corrected chi connectivity index (χ2v) is 6.16. The number of hydrogen-bond donors (Lipinski definition) is 2. The molecule has 5 heteroatoms. The lowest BCUT2D eigenvalue weighted by Crippen LogP contribution is -2.47. The van der Waals surface area contributed by atoms with Crippen molar-refractivity contribution in [1.29, 1.82) is 0 Å². The van der Waals surface area contributed by atoms with E-state index in [1.807, 2.05) is 31.2 Å². The van der Waals surface area contributed by atoms with Gasteiger partial charge in [-0.15, -0.1) is 0 Å². The summed E-state index contributed by atoms with van der Waals surface area (Å²) >= 11 is 3.41. The molecule has 0 aliphatic heterocycles. The second kappa shape index (κ2) is 6.59. The fourth-order valence-electron chi connectivity index (χ4n) is 2.39. The molecule has 0 spiro atoms. The quantitative estimate of drug-likeness (QED) is 0.865. The molecule has 1 aromatic carbocycles. The summed E-state index contributed by atoms with van der Waals surface area (Å²) in [7, 11) is 0. The Kier molecular flexibility index (Phi) is 5.05. The summed E-state index contributed by atoms with van der Waals surface area (Å²) in [6.45, 7) is 2.26. The standard InChI is InChI=1S/C15H20BrNO3/c1-11(20-13-7-3-2-6-12(13)16)10-17-14(18)15(19)8-4-5-9-15/h2-3,6-7,11,19H,4-5,8-10H2,1H3,(H,17,18). The number of halogens is 1. The number of amides is 1. The van der Waals surface area contributed by atoms with Crippen molar-refractivity contribution in [2.45, 2.75) is 44.3 Å². The summed E-state index contributed by atoms with van der Waals surface area (Å²) < 4.78 is 6.63. The van der Waals surface area contributed by atoms with Crippen LogP contribution >= 0.6 is 15.9 Å². The van der Waals surface area contributed by atoms with Crippen LogP contribution in [-0.2, 0) is 4.79 Å². The number of nitrogens with one attached hydrogen (secondary N) is 1. The number of hydrogen-bond acceptors (Lipinski definition) is 3. The Morgan fingerprint density at radius 3 is 2.75 bits per heavy atom. The van der Waals surface area contributed by atoms with Gasteiger partial charge in [0.05, 0.1) is 11.0 Å². The van der Waals surface area contributed by atoms with Gasteiger partial charge in [0, 0.05) is 0 Å². The van der Waals surface area contributed by atoms with Gasteiger partial charge >= 0.3 is 0 Å². The van der Waals surface area contributed by atoms with E-state index in [1.54, 1.807) is 0 Å². The Hall–Kier alpha value is -1.07. The molecule has 20 heavy (non-hydrogen) atoms. The van der Waals surface area contributed by atoms with E-state index in [-0.39, 0.29) is 12.0 Å². The minimum Gasteiger partial charge on any atom is -0.488 e. The molecule has 2 N–H and O–H groups in total. The van der Waals surface area contributed by atoms with Gasteiger partial charge in [0.25, 0.3) is 5.91 Å². The van der Waals surface area contributed by atoms with Crippen LogP contribution in [0.5, 0.6) is 5.75 Å². The highest BCUT2D eigenvalue weighted by molar-refractivity contribution is 9.10. The van der Waals surface area contributed by atoms with Crippen LogP contribution in [-0.4, -0.2) is 29.3 Å². The predicted octanol–water partition coefficient (Wildman–Crippen LogP) is 2.64. The Balaban J connectivity index is 1.82. The fraction of sp³-hybridized carbons (Fsp3) is 0.533. The summed E-state index contributed by atoms with van der Waals surface area (Å²) in [6, 6.07) is 7.58. The van der Waals surface area contributed by atoms with E-state index in [4.69, 9.17) is 4.74 Å². The van der Waals surface area contributed by atoms with Crippen LogP contribution < -0.4 is 10.1 Å². The van der Waals surface area contributed by atoms with E-state index in [9.17, 15) is 9.90 Å². The summed E-state index contributed by atoms with van der Waals surface area (Å²) in [5.74, 6) is 0.464. The molecule has 0 saturated heterocycles.